The van der Waals surface area contributed by atoms with Crippen molar-refractivity contribution in [3.05, 3.63) is 59.7 Å². The lowest BCUT2D eigenvalue weighted by Crippen LogP contribution is -2.54. The molecule has 2 heterocycles. The number of rotatable bonds is 3. The fourth-order valence-electron chi connectivity index (χ4n) is 3.62. The van der Waals surface area contributed by atoms with Crippen molar-refractivity contribution < 1.29 is 9.53 Å². The highest BCUT2D eigenvalue weighted by Gasteiger charge is 2.40. The molecule has 1 spiro atoms. The van der Waals surface area contributed by atoms with Crippen LogP contribution in [0, 0.1) is 0 Å². The van der Waals surface area contributed by atoms with E-state index in [0.29, 0.717) is 12.1 Å². The smallest absolute Gasteiger partial charge is 0.337 e. The van der Waals surface area contributed by atoms with Gasteiger partial charge in [-0.05, 0) is 54.2 Å². The fraction of sp³-hybridized carbons (Fsp3) is 0.333. The highest BCUT2D eigenvalue weighted by atomic mass is 32.2. The van der Waals surface area contributed by atoms with E-state index in [0.717, 1.165) is 47.1 Å². The van der Waals surface area contributed by atoms with Crippen LogP contribution in [0.4, 0.5) is 11.4 Å². The van der Waals surface area contributed by atoms with Gasteiger partial charge in [-0.25, -0.2) is 4.79 Å². The quantitative estimate of drug-likeness (QED) is 0.781. The SMILES string of the molecule is COC(=O)c1cccc(CN=C2Nc3ccccc3NC23CCSCC3)c1. The Morgan fingerprint density at radius 1 is 1.15 bits per heavy atom. The molecule has 0 atom stereocenters. The summed E-state index contributed by atoms with van der Waals surface area (Å²) in [6.07, 6.45) is 2.08. The topological polar surface area (TPSA) is 62.7 Å². The Balaban J connectivity index is 1.63. The number of carbonyl (C=O) groups excluding carboxylic acids is 1. The second-order valence-electron chi connectivity index (χ2n) is 6.85. The fourth-order valence-corrected chi connectivity index (χ4v) is 4.81. The van der Waals surface area contributed by atoms with Crippen molar-refractivity contribution in [1.29, 1.82) is 0 Å². The van der Waals surface area contributed by atoms with Crippen LogP contribution in [0.3, 0.4) is 0 Å². The molecule has 0 aromatic heterocycles. The summed E-state index contributed by atoms with van der Waals surface area (Å²) in [5.74, 6) is 2.91. The number of nitrogens with zero attached hydrogens (tertiary/aromatic N) is 1. The minimum absolute atomic E-state index is 0.139. The van der Waals surface area contributed by atoms with Gasteiger partial charge in [0.2, 0.25) is 0 Å². The minimum atomic E-state index is -0.323. The van der Waals surface area contributed by atoms with Gasteiger partial charge in [0, 0.05) is 0 Å². The van der Waals surface area contributed by atoms with Crippen LogP contribution in [0.15, 0.2) is 53.5 Å². The molecule has 2 aliphatic heterocycles. The highest BCUT2D eigenvalue weighted by molar-refractivity contribution is 7.99. The molecule has 0 radical (unpaired) electrons. The van der Waals surface area contributed by atoms with E-state index in [1.54, 1.807) is 6.07 Å². The number of hydrogen-bond donors (Lipinski definition) is 2. The van der Waals surface area contributed by atoms with Crippen molar-refractivity contribution in [2.45, 2.75) is 24.9 Å². The molecule has 4 rings (SSSR count). The predicted octanol–water partition coefficient (Wildman–Crippen LogP) is 4.18. The predicted molar refractivity (Wildman–Crippen MR) is 112 cm³/mol. The lowest BCUT2D eigenvalue weighted by molar-refractivity contribution is 0.0600. The largest absolute Gasteiger partial charge is 0.465 e. The van der Waals surface area contributed by atoms with Gasteiger partial charge in [0.15, 0.2) is 0 Å². The van der Waals surface area contributed by atoms with Crippen molar-refractivity contribution >= 4 is 34.9 Å². The number of carbonyl (C=O) groups is 1. The first-order valence-electron chi connectivity index (χ1n) is 9.14. The lowest BCUT2D eigenvalue weighted by Gasteiger charge is -2.43. The number of anilines is 2. The Morgan fingerprint density at radius 3 is 2.70 bits per heavy atom. The summed E-state index contributed by atoms with van der Waals surface area (Å²) in [4.78, 5) is 16.7. The summed E-state index contributed by atoms with van der Waals surface area (Å²) in [5.41, 5.74) is 3.60. The Hall–Kier alpha value is -2.47. The molecule has 0 aliphatic carbocycles. The monoisotopic (exact) mass is 381 g/mol. The standard InChI is InChI=1S/C21H23N3O2S/c1-26-19(25)16-6-4-5-15(13-16)14-22-20-21(9-11-27-12-10-21)24-18-8-3-2-7-17(18)23-20/h2-8,13,24H,9-12,14H2,1H3,(H,22,23). The van der Waals surface area contributed by atoms with E-state index in [4.69, 9.17) is 9.73 Å². The number of methoxy groups -OCH3 is 1. The first kappa shape index (κ1) is 17.9. The molecule has 2 aliphatic rings. The maximum Gasteiger partial charge on any atom is 0.337 e. The van der Waals surface area contributed by atoms with E-state index < -0.39 is 0 Å². The van der Waals surface area contributed by atoms with Gasteiger partial charge < -0.3 is 15.4 Å². The molecule has 140 valence electrons. The van der Waals surface area contributed by atoms with Gasteiger partial charge in [0.05, 0.1) is 36.1 Å². The van der Waals surface area contributed by atoms with Crippen molar-refractivity contribution in [3.63, 3.8) is 0 Å². The zero-order chi connectivity index (χ0) is 18.7. The summed E-state index contributed by atoms with van der Waals surface area (Å²) in [6.45, 7) is 0.520. The van der Waals surface area contributed by atoms with Crippen LogP contribution >= 0.6 is 11.8 Å². The first-order valence-corrected chi connectivity index (χ1v) is 10.3. The molecule has 0 unspecified atom stereocenters. The number of hydrogen-bond acceptors (Lipinski definition) is 5. The number of thioether (sulfide) groups is 1. The van der Waals surface area contributed by atoms with Crippen molar-refractivity contribution in [1.82, 2.24) is 0 Å². The van der Waals surface area contributed by atoms with Crippen LogP contribution in [-0.2, 0) is 11.3 Å². The molecule has 2 aromatic carbocycles. The van der Waals surface area contributed by atoms with Crippen molar-refractivity contribution in [2.75, 3.05) is 29.2 Å². The third-order valence-electron chi connectivity index (χ3n) is 5.12. The second-order valence-corrected chi connectivity index (χ2v) is 8.07. The molecule has 0 saturated carbocycles. The summed E-state index contributed by atoms with van der Waals surface area (Å²) in [5, 5.41) is 7.32. The summed E-state index contributed by atoms with van der Waals surface area (Å²) < 4.78 is 4.82. The molecule has 1 saturated heterocycles. The molecule has 2 N–H and O–H groups in total. The Labute approximate surface area is 163 Å². The molecule has 5 nitrogen and oxygen atoms in total. The lowest BCUT2D eigenvalue weighted by atomic mass is 9.87. The van der Waals surface area contributed by atoms with E-state index in [1.165, 1.54) is 7.11 Å². The van der Waals surface area contributed by atoms with Crippen LogP contribution in [0.25, 0.3) is 0 Å². The zero-order valence-electron chi connectivity index (χ0n) is 15.3. The third-order valence-corrected chi connectivity index (χ3v) is 6.11. The molecule has 6 heteroatoms. The highest BCUT2D eigenvalue weighted by Crippen LogP contribution is 2.38. The Bertz CT molecular complexity index is 875. The number of ether oxygens (including phenoxy) is 1. The Morgan fingerprint density at radius 2 is 1.93 bits per heavy atom. The summed E-state index contributed by atoms with van der Waals surface area (Å²) >= 11 is 1.99. The number of fused-ring (bicyclic) bond motifs is 1. The van der Waals surface area contributed by atoms with E-state index in [2.05, 4.69) is 28.8 Å². The van der Waals surface area contributed by atoms with Gasteiger partial charge >= 0.3 is 5.97 Å². The number of para-hydroxylation sites is 2. The number of amidine groups is 1. The molecule has 1 fully saturated rings. The number of esters is 1. The second kappa shape index (κ2) is 7.64. The molecule has 0 bridgehead atoms. The van der Waals surface area contributed by atoms with Crippen molar-refractivity contribution in [3.8, 4) is 0 Å². The Kier molecular flexibility index (Phi) is 5.07. The van der Waals surface area contributed by atoms with Crippen LogP contribution in [0.1, 0.15) is 28.8 Å². The normalized spacial score (nSPS) is 19.1. The van der Waals surface area contributed by atoms with Crippen LogP contribution < -0.4 is 10.6 Å². The van der Waals surface area contributed by atoms with Crippen LogP contribution in [0.5, 0.6) is 0 Å². The maximum absolute atomic E-state index is 11.8. The molecular formula is C21H23N3O2S. The van der Waals surface area contributed by atoms with Gasteiger partial charge in [0.25, 0.3) is 0 Å². The average molecular weight is 382 g/mol. The van der Waals surface area contributed by atoms with Crippen molar-refractivity contribution in [2.24, 2.45) is 4.99 Å². The van der Waals surface area contributed by atoms with E-state index >= 15 is 0 Å². The molecule has 0 amide bonds. The first-order chi connectivity index (χ1) is 13.2. The van der Waals surface area contributed by atoms with Crippen LogP contribution in [0.2, 0.25) is 0 Å². The third kappa shape index (κ3) is 3.67. The number of benzene rings is 2. The number of nitrogens with one attached hydrogen (secondary N) is 2. The van der Waals surface area contributed by atoms with Gasteiger partial charge in [0.1, 0.15) is 5.84 Å². The summed E-state index contributed by atoms with van der Waals surface area (Å²) in [6, 6.07) is 15.7. The van der Waals surface area contributed by atoms with E-state index in [-0.39, 0.29) is 11.5 Å². The van der Waals surface area contributed by atoms with Gasteiger partial charge in [-0.15, -0.1) is 0 Å². The number of aliphatic imine (C=N–C) groups is 1. The van der Waals surface area contributed by atoms with Gasteiger partial charge in [-0.2, -0.15) is 11.8 Å². The van der Waals surface area contributed by atoms with Gasteiger partial charge in [-0.3, -0.25) is 4.99 Å². The van der Waals surface area contributed by atoms with Gasteiger partial charge in [-0.1, -0.05) is 24.3 Å². The maximum atomic E-state index is 11.8. The van der Waals surface area contributed by atoms with Crippen LogP contribution in [-0.4, -0.2) is 36.0 Å². The molecule has 27 heavy (non-hydrogen) atoms. The molecule has 2 aromatic rings. The average Bonchev–Trinajstić information content (AvgIpc) is 2.72. The molecular weight excluding hydrogens is 358 g/mol. The zero-order valence-corrected chi connectivity index (χ0v) is 16.1. The van der Waals surface area contributed by atoms with E-state index in [9.17, 15) is 4.79 Å². The summed E-state index contributed by atoms with van der Waals surface area (Å²) in [7, 11) is 1.40. The minimum Gasteiger partial charge on any atom is -0.465 e. The van der Waals surface area contributed by atoms with E-state index in [1.807, 2.05) is 36.0 Å².